The Morgan fingerprint density at radius 1 is 1.33 bits per heavy atom. The van der Waals surface area contributed by atoms with Crippen LogP contribution >= 0.6 is 0 Å². The number of anilines is 1. The van der Waals surface area contributed by atoms with Crippen molar-refractivity contribution in [1.82, 2.24) is 14.8 Å². The zero-order chi connectivity index (χ0) is 13.1. The minimum Gasteiger partial charge on any atom is -0.377 e. The van der Waals surface area contributed by atoms with E-state index in [2.05, 4.69) is 10.1 Å². The summed E-state index contributed by atoms with van der Waals surface area (Å²) >= 11 is 0. The molecule has 0 aliphatic rings. The maximum Gasteiger partial charge on any atom is 0.217 e. The van der Waals surface area contributed by atoms with Crippen molar-refractivity contribution in [2.45, 2.75) is 10.9 Å². The number of para-hydroxylation sites is 1. The molecule has 0 saturated carbocycles. The standard InChI is InChI=1S/C12H16N4OS/c1-15(2)11-7-5-4-6-10(11)8-18(17)12-13-9-14-16(12)3/h4-7,9H,8H2,1-3H3. The number of aromatic nitrogens is 3. The van der Waals surface area contributed by atoms with E-state index < -0.39 is 10.8 Å². The van der Waals surface area contributed by atoms with Gasteiger partial charge >= 0.3 is 0 Å². The molecule has 1 aromatic heterocycles. The third kappa shape index (κ3) is 2.59. The summed E-state index contributed by atoms with van der Waals surface area (Å²) in [5.41, 5.74) is 2.12. The van der Waals surface area contributed by atoms with Gasteiger partial charge in [-0.1, -0.05) is 18.2 Å². The van der Waals surface area contributed by atoms with Gasteiger partial charge in [0.15, 0.2) is 0 Å². The highest BCUT2D eigenvalue weighted by molar-refractivity contribution is 7.84. The van der Waals surface area contributed by atoms with Crippen LogP contribution in [0.4, 0.5) is 5.69 Å². The monoisotopic (exact) mass is 264 g/mol. The molecule has 0 saturated heterocycles. The van der Waals surface area contributed by atoms with Crippen molar-refractivity contribution >= 4 is 16.5 Å². The number of aryl methyl sites for hydroxylation is 1. The first-order valence-electron chi connectivity index (χ1n) is 5.57. The van der Waals surface area contributed by atoms with Crippen LogP contribution in [0.5, 0.6) is 0 Å². The van der Waals surface area contributed by atoms with Crippen LogP contribution in [0.3, 0.4) is 0 Å². The summed E-state index contributed by atoms with van der Waals surface area (Å²) in [5, 5.41) is 4.44. The molecule has 18 heavy (non-hydrogen) atoms. The first kappa shape index (κ1) is 12.8. The number of hydrogen-bond donors (Lipinski definition) is 0. The van der Waals surface area contributed by atoms with E-state index in [-0.39, 0.29) is 0 Å². The fraction of sp³-hybridized carbons (Fsp3) is 0.333. The molecule has 0 N–H and O–H groups in total. The van der Waals surface area contributed by atoms with Gasteiger partial charge in [0.1, 0.15) is 6.33 Å². The van der Waals surface area contributed by atoms with Crippen LogP contribution in [-0.4, -0.2) is 33.1 Å². The van der Waals surface area contributed by atoms with Crippen LogP contribution in [0.15, 0.2) is 35.7 Å². The predicted octanol–water partition coefficient (Wildman–Crippen LogP) is 1.19. The first-order valence-corrected chi connectivity index (χ1v) is 6.89. The lowest BCUT2D eigenvalue weighted by Crippen LogP contribution is -2.13. The highest BCUT2D eigenvalue weighted by atomic mass is 32.2. The van der Waals surface area contributed by atoms with Gasteiger partial charge in [-0.25, -0.2) is 9.67 Å². The number of nitrogens with zero attached hydrogens (tertiary/aromatic N) is 4. The molecule has 1 atom stereocenters. The van der Waals surface area contributed by atoms with Crippen molar-refractivity contribution in [3.05, 3.63) is 36.2 Å². The van der Waals surface area contributed by atoms with Crippen molar-refractivity contribution in [3.63, 3.8) is 0 Å². The van der Waals surface area contributed by atoms with Crippen molar-refractivity contribution in [3.8, 4) is 0 Å². The van der Waals surface area contributed by atoms with Crippen molar-refractivity contribution < 1.29 is 4.21 Å². The van der Waals surface area contributed by atoms with E-state index in [1.54, 1.807) is 11.7 Å². The van der Waals surface area contributed by atoms with E-state index in [1.807, 2.05) is 43.3 Å². The van der Waals surface area contributed by atoms with Gasteiger partial charge in [-0.2, -0.15) is 5.10 Å². The molecule has 1 aromatic carbocycles. The number of benzene rings is 1. The fourth-order valence-electron chi connectivity index (χ4n) is 1.77. The predicted molar refractivity (Wildman–Crippen MR) is 71.9 cm³/mol. The molecule has 96 valence electrons. The minimum atomic E-state index is -1.18. The summed E-state index contributed by atoms with van der Waals surface area (Å²) in [6, 6.07) is 7.94. The van der Waals surface area contributed by atoms with Gasteiger partial charge in [0.05, 0.1) is 16.6 Å². The highest BCUT2D eigenvalue weighted by Gasteiger charge is 2.13. The van der Waals surface area contributed by atoms with E-state index in [9.17, 15) is 4.21 Å². The van der Waals surface area contributed by atoms with Gasteiger partial charge in [-0.3, -0.25) is 4.21 Å². The molecular formula is C12H16N4OS. The fourth-order valence-corrected chi connectivity index (χ4v) is 2.93. The molecule has 0 spiro atoms. The molecule has 6 heteroatoms. The summed E-state index contributed by atoms with van der Waals surface area (Å²) in [6.45, 7) is 0. The SMILES string of the molecule is CN(C)c1ccccc1CS(=O)c1ncnn1C. The topological polar surface area (TPSA) is 51.0 Å². The molecular weight excluding hydrogens is 248 g/mol. The molecule has 2 aromatic rings. The van der Waals surface area contributed by atoms with E-state index in [0.717, 1.165) is 11.3 Å². The number of hydrogen-bond acceptors (Lipinski definition) is 4. The van der Waals surface area contributed by atoms with Crippen molar-refractivity contribution in [1.29, 1.82) is 0 Å². The molecule has 0 bridgehead atoms. The Bertz CT molecular complexity index is 565. The zero-order valence-corrected chi connectivity index (χ0v) is 11.5. The van der Waals surface area contributed by atoms with Gasteiger partial charge in [-0.15, -0.1) is 0 Å². The van der Waals surface area contributed by atoms with Crippen LogP contribution in [0.1, 0.15) is 5.56 Å². The molecule has 2 rings (SSSR count). The van der Waals surface area contributed by atoms with E-state index in [1.165, 1.54) is 6.33 Å². The van der Waals surface area contributed by atoms with Gasteiger partial charge in [-0.05, 0) is 11.6 Å². The average Bonchev–Trinajstić information content (AvgIpc) is 2.76. The van der Waals surface area contributed by atoms with Gasteiger partial charge in [0.2, 0.25) is 5.16 Å². The Balaban J connectivity index is 2.25. The Morgan fingerprint density at radius 2 is 2.06 bits per heavy atom. The van der Waals surface area contributed by atoms with Gasteiger partial charge in [0, 0.05) is 26.8 Å². The normalized spacial score (nSPS) is 12.4. The summed E-state index contributed by atoms with van der Waals surface area (Å²) in [5.74, 6) is 0.445. The third-order valence-corrected chi connectivity index (χ3v) is 3.98. The molecule has 0 fully saturated rings. The van der Waals surface area contributed by atoms with Gasteiger partial charge in [0.25, 0.3) is 0 Å². The second-order valence-electron chi connectivity index (χ2n) is 4.18. The molecule has 0 radical (unpaired) electrons. The largest absolute Gasteiger partial charge is 0.377 e. The molecule has 0 aliphatic carbocycles. The molecule has 5 nitrogen and oxygen atoms in total. The summed E-state index contributed by atoms with van der Waals surface area (Å²) in [7, 11) is 4.52. The first-order chi connectivity index (χ1) is 8.59. The summed E-state index contributed by atoms with van der Waals surface area (Å²) in [6.07, 6.45) is 1.42. The molecule has 1 unspecified atom stereocenters. The maximum atomic E-state index is 12.2. The van der Waals surface area contributed by atoms with Crippen LogP contribution in [0, 0.1) is 0 Å². The van der Waals surface area contributed by atoms with E-state index in [4.69, 9.17) is 0 Å². The average molecular weight is 264 g/mol. The lowest BCUT2D eigenvalue weighted by molar-refractivity contribution is 0.641. The molecule has 0 amide bonds. The molecule has 0 aliphatic heterocycles. The Hall–Kier alpha value is -1.69. The van der Waals surface area contributed by atoms with Crippen LogP contribution in [0.25, 0.3) is 0 Å². The van der Waals surface area contributed by atoms with E-state index in [0.29, 0.717) is 10.9 Å². The Kier molecular flexibility index (Phi) is 3.76. The second kappa shape index (κ2) is 5.30. The lowest BCUT2D eigenvalue weighted by atomic mass is 10.2. The summed E-state index contributed by atoms with van der Waals surface area (Å²) in [4.78, 5) is 6.04. The Labute approximate surface area is 109 Å². The van der Waals surface area contributed by atoms with Crippen LogP contribution in [-0.2, 0) is 23.6 Å². The van der Waals surface area contributed by atoms with Crippen LogP contribution < -0.4 is 4.90 Å². The maximum absolute atomic E-state index is 12.2. The number of rotatable bonds is 4. The second-order valence-corrected chi connectivity index (χ2v) is 5.52. The third-order valence-electron chi connectivity index (χ3n) is 2.63. The van der Waals surface area contributed by atoms with Gasteiger partial charge < -0.3 is 4.90 Å². The summed E-state index contributed by atoms with van der Waals surface area (Å²) < 4.78 is 13.8. The highest BCUT2D eigenvalue weighted by Crippen LogP contribution is 2.20. The van der Waals surface area contributed by atoms with Crippen LogP contribution in [0.2, 0.25) is 0 Å². The minimum absolute atomic E-state index is 0.445. The smallest absolute Gasteiger partial charge is 0.217 e. The van der Waals surface area contributed by atoms with Crippen molar-refractivity contribution in [2.24, 2.45) is 7.05 Å². The Morgan fingerprint density at radius 3 is 2.67 bits per heavy atom. The zero-order valence-electron chi connectivity index (χ0n) is 10.7. The van der Waals surface area contributed by atoms with E-state index >= 15 is 0 Å². The quantitative estimate of drug-likeness (QED) is 0.832. The molecule has 1 heterocycles. The lowest BCUT2D eigenvalue weighted by Gasteiger charge is -2.16. The van der Waals surface area contributed by atoms with Crippen molar-refractivity contribution in [2.75, 3.05) is 19.0 Å².